The first kappa shape index (κ1) is 16.4. The van der Waals surface area contributed by atoms with E-state index in [2.05, 4.69) is 30.1 Å². The summed E-state index contributed by atoms with van der Waals surface area (Å²) < 4.78 is 14.3. The van der Waals surface area contributed by atoms with Crippen molar-refractivity contribution in [1.82, 2.24) is 30.1 Å². The number of rotatable bonds is 2. The second kappa shape index (κ2) is 6.34. The van der Waals surface area contributed by atoms with Gasteiger partial charge in [0.25, 0.3) is 0 Å². The average molecular weight is 382 g/mol. The highest BCUT2D eigenvalue weighted by atomic mass is 35.5. The van der Waals surface area contributed by atoms with Gasteiger partial charge in [-0.15, -0.1) is 0 Å². The Kier molecular flexibility index (Phi) is 4.16. The van der Waals surface area contributed by atoms with Gasteiger partial charge in [-0.2, -0.15) is 10.1 Å². The molecule has 0 aromatic carbocycles. The minimum atomic E-state index is -0.692. The van der Waals surface area contributed by atoms with E-state index in [1.54, 1.807) is 0 Å². The van der Waals surface area contributed by atoms with Gasteiger partial charge in [-0.3, -0.25) is 5.10 Å². The molecule has 0 bridgehead atoms. The van der Waals surface area contributed by atoms with Crippen molar-refractivity contribution in [3.8, 4) is 0 Å². The second-order valence-electron chi connectivity index (χ2n) is 6.01. The number of hydrogen-bond acceptors (Lipinski definition) is 6. The third kappa shape index (κ3) is 3.00. The van der Waals surface area contributed by atoms with E-state index in [1.807, 2.05) is 11.8 Å². The van der Waals surface area contributed by atoms with Gasteiger partial charge in [-0.1, -0.05) is 11.6 Å². The number of aryl methyl sites for hydroxylation is 1. The molecule has 1 N–H and O–H groups in total. The maximum Gasteiger partial charge on any atom is 0.225 e. The molecule has 1 fully saturated rings. The predicted octanol–water partition coefficient (Wildman–Crippen LogP) is 3.28. The second-order valence-corrected chi connectivity index (χ2v) is 6.70. The van der Waals surface area contributed by atoms with Crippen molar-refractivity contribution in [2.24, 2.45) is 0 Å². The third-order valence-electron chi connectivity index (χ3n) is 4.29. The van der Waals surface area contributed by atoms with Gasteiger partial charge >= 0.3 is 0 Å². The van der Waals surface area contributed by atoms with Crippen LogP contribution < -0.4 is 4.90 Å². The van der Waals surface area contributed by atoms with Crippen molar-refractivity contribution >= 4 is 39.9 Å². The number of aromatic nitrogens is 6. The Bertz CT molecular complexity index is 945. The van der Waals surface area contributed by atoms with E-state index in [-0.39, 0.29) is 21.9 Å². The van der Waals surface area contributed by atoms with Gasteiger partial charge in [0.15, 0.2) is 16.8 Å². The van der Waals surface area contributed by atoms with Gasteiger partial charge < -0.3 is 4.90 Å². The monoisotopic (exact) mass is 381 g/mol. The number of halogens is 3. The van der Waals surface area contributed by atoms with Gasteiger partial charge in [-0.05, 0) is 31.4 Å². The molecule has 1 saturated heterocycles. The first-order valence-corrected chi connectivity index (χ1v) is 8.59. The topological polar surface area (TPSA) is 83.5 Å². The molecule has 1 aliphatic heterocycles. The predicted molar refractivity (Wildman–Crippen MR) is 92.6 cm³/mol. The molecule has 1 aliphatic rings. The van der Waals surface area contributed by atoms with E-state index in [0.717, 1.165) is 31.0 Å². The zero-order chi connectivity index (χ0) is 17.6. The van der Waals surface area contributed by atoms with Crippen LogP contribution in [0.2, 0.25) is 10.4 Å². The van der Waals surface area contributed by atoms with Crippen LogP contribution in [0.25, 0.3) is 10.9 Å². The van der Waals surface area contributed by atoms with Gasteiger partial charge in [0.2, 0.25) is 5.28 Å². The Morgan fingerprint density at radius 1 is 1.28 bits per heavy atom. The standard InChI is InChI=1S/C15H14Cl2FN7/c1-7-20-13(24-23-7)8-3-2-4-25(6-8)14-9-5-19-12(16)10(18)11(9)21-15(17)22-14/h5,8H,2-4,6H2,1H3,(H,20,23,24). The molecule has 4 heterocycles. The Labute approximate surface area is 152 Å². The minimum Gasteiger partial charge on any atom is -0.355 e. The summed E-state index contributed by atoms with van der Waals surface area (Å²) in [6.45, 7) is 3.30. The lowest BCUT2D eigenvalue weighted by atomic mass is 9.97. The molecule has 0 amide bonds. The van der Waals surface area contributed by atoms with Crippen LogP contribution in [-0.2, 0) is 0 Å². The number of H-pyrrole nitrogens is 1. The molecule has 0 aliphatic carbocycles. The van der Waals surface area contributed by atoms with Crippen LogP contribution in [0.3, 0.4) is 0 Å². The Balaban J connectivity index is 1.75. The van der Waals surface area contributed by atoms with Crippen molar-refractivity contribution in [3.05, 3.63) is 34.1 Å². The molecule has 25 heavy (non-hydrogen) atoms. The molecule has 4 rings (SSSR count). The largest absolute Gasteiger partial charge is 0.355 e. The van der Waals surface area contributed by atoms with E-state index < -0.39 is 5.82 Å². The highest BCUT2D eigenvalue weighted by Gasteiger charge is 2.27. The molecule has 130 valence electrons. The maximum absolute atomic E-state index is 14.3. The molecule has 10 heteroatoms. The zero-order valence-corrected chi connectivity index (χ0v) is 14.8. The van der Waals surface area contributed by atoms with Gasteiger partial charge in [0.05, 0.1) is 5.39 Å². The van der Waals surface area contributed by atoms with Gasteiger partial charge in [0.1, 0.15) is 17.2 Å². The average Bonchev–Trinajstić information content (AvgIpc) is 3.04. The summed E-state index contributed by atoms with van der Waals surface area (Å²) in [5.41, 5.74) is 0.0749. The van der Waals surface area contributed by atoms with Gasteiger partial charge in [0, 0.05) is 25.2 Å². The third-order valence-corrected chi connectivity index (χ3v) is 4.73. The molecule has 0 spiro atoms. The van der Waals surface area contributed by atoms with Crippen molar-refractivity contribution in [2.45, 2.75) is 25.7 Å². The quantitative estimate of drug-likeness (QED) is 0.541. The van der Waals surface area contributed by atoms with E-state index in [1.165, 1.54) is 6.20 Å². The summed E-state index contributed by atoms with van der Waals surface area (Å²) in [5.74, 6) is 1.58. The first-order valence-electron chi connectivity index (χ1n) is 7.84. The van der Waals surface area contributed by atoms with Gasteiger partial charge in [-0.25, -0.2) is 19.3 Å². The van der Waals surface area contributed by atoms with Crippen LogP contribution in [0.4, 0.5) is 10.2 Å². The summed E-state index contributed by atoms with van der Waals surface area (Å²) >= 11 is 11.8. The van der Waals surface area contributed by atoms with Crippen LogP contribution in [0, 0.1) is 12.7 Å². The molecular formula is C15H14Cl2FN7. The molecule has 0 radical (unpaired) electrons. The van der Waals surface area contributed by atoms with Crippen molar-refractivity contribution < 1.29 is 4.39 Å². The Morgan fingerprint density at radius 3 is 2.88 bits per heavy atom. The molecule has 1 atom stereocenters. The van der Waals surface area contributed by atoms with Crippen LogP contribution in [0.5, 0.6) is 0 Å². The lowest BCUT2D eigenvalue weighted by molar-refractivity contribution is 0.490. The fourth-order valence-electron chi connectivity index (χ4n) is 3.16. The highest BCUT2D eigenvalue weighted by Crippen LogP contribution is 2.33. The summed E-state index contributed by atoms with van der Waals surface area (Å²) in [6.07, 6.45) is 3.39. The van der Waals surface area contributed by atoms with Crippen molar-refractivity contribution in [1.29, 1.82) is 0 Å². The summed E-state index contributed by atoms with van der Waals surface area (Å²) in [6, 6.07) is 0. The molecule has 3 aromatic heterocycles. The Hall–Kier alpha value is -2.06. The number of piperidine rings is 1. The maximum atomic E-state index is 14.3. The van der Waals surface area contributed by atoms with Crippen LogP contribution in [-0.4, -0.2) is 43.2 Å². The number of anilines is 1. The van der Waals surface area contributed by atoms with Crippen molar-refractivity contribution in [3.63, 3.8) is 0 Å². The fraction of sp³-hybridized carbons (Fsp3) is 0.400. The molecular weight excluding hydrogens is 368 g/mol. The van der Waals surface area contributed by atoms with Crippen LogP contribution in [0.1, 0.15) is 30.4 Å². The molecule has 7 nitrogen and oxygen atoms in total. The Morgan fingerprint density at radius 2 is 2.12 bits per heavy atom. The first-order chi connectivity index (χ1) is 12.0. The normalized spacial score (nSPS) is 18.1. The number of nitrogens with one attached hydrogen (secondary N) is 1. The number of hydrogen-bond donors (Lipinski definition) is 1. The minimum absolute atomic E-state index is 0.0282. The van der Waals surface area contributed by atoms with E-state index in [4.69, 9.17) is 23.2 Å². The van der Waals surface area contributed by atoms with Crippen LogP contribution >= 0.6 is 23.2 Å². The molecule has 1 unspecified atom stereocenters. The fourth-order valence-corrected chi connectivity index (χ4v) is 3.46. The number of nitrogens with zero attached hydrogens (tertiary/aromatic N) is 6. The molecule has 0 saturated carbocycles. The number of pyridine rings is 1. The number of fused-ring (bicyclic) bond motifs is 1. The van der Waals surface area contributed by atoms with Crippen LogP contribution in [0.15, 0.2) is 6.20 Å². The molecule has 3 aromatic rings. The van der Waals surface area contributed by atoms with E-state index >= 15 is 0 Å². The van der Waals surface area contributed by atoms with E-state index in [9.17, 15) is 4.39 Å². The summed E-state index contributed by atoms with van der Waals surface area (Å²) in [4.78, 5) is 18.6. The highest BCUT2D eigenvalue weighted by molar-refractivity contribution is 6.30. The smallest absolute Gasteiger partial charge is 0.225 e. The number of aromatic amines is 1. The zero-order valence-electron chi connectivity index (χ0n) is 13.3. The lowest BCUT2D eigenvalue weighted by Crippen LogP contribution is -2.35. The summed E-state index contributed by atoms with van der Waals surface area (Å²) in [5, 5.41) is 7.36. The summed E-state index contributed by atoms with van der Waals surface area (Å²) in [7, 11) is 0. The van der Waals surface area contributed by atoms with E-state index in [0.29, 0.717) is 17.7 Å². The van der Waals surface area contributed by atoms with Crippen molar-refractivity contribution in [2.75, 3.05) is 18.0 Å². The lowest BCUT2D eigenvalue weighted by Gasteiger charge is -2.32. The SMILES string of the molecule is Cc1nc(C2CCCN(c3nc(Cl)nc4c(F)c(Cl)ncc34)C2)n[nH]1.